The van der Waals surface area contributed by atoms with Gasteiger partial charge in [0.25, 0.3) is 0 Å². The molecule has 1 N–H and O–H groups in total. The van der Waals surface area contributed by atoms with Crippen LogP contribution in [0.25, 0.3) is 11.3 Å². The predicted molar refractivity (Wildman–Crippen MR) is 91.0 cm³/mol. The van der Waals surface area contributed by atoms with Crippen molar-refractivity contribution in [1.29, 1.82) is 0 Å². The summed E-state index contributed by atoms with van der Waals surface area (Å²) in [5.74, 6) is -0.571. The highest BCUT2D eigenvalue weighted by Gasteiger charge is 2.30. The molecule has 8 heteroatoms. The number of rotatable bonds is 5. The van der Waals surface area contributed by atoms with Gasteiger partial charge >= 0.3 is 6.18 Å². The highest BCUT2D eigenvalue weighted by molar-refractivity contribution is 7.98. The fraction of sp³-hybridized carbons (Fsp3) is 0.158. The molecule has 0 fully saturated rings. The van der Waals surface area contributed by atoms with Crippen LogP contribution in [0, 0.1) is 11.6 Å². The molecule has 0 atom stereocenters. The van der Waals surface area contributed by atoms with Gasteiger partial charge in [0, 0.05) is 22.1 Å². The molecule has 3 rings (SSSR count). The first-order chi connectivity index (χ1) is 12.8. The minimum atomic E-state index is -4.43. The fourth-order valence-corrected chi connectivity index (χ4v) is 3.32. The second-order valence-electron chi connectivity index (χ2n) is 5.66. The van der Waals surface area contributed by atoms with E-state index in [-0.39, 0.29) is 17.3 Å². The van der Waals surface area contributed by atoms with Gasteiger partial charge in [0.15, 0.2) is 0 Å². The van der Waals surface area contributed by atoms with E-state index in [2.05, 4.69) is 0 Å². The van der Waals surface area contributed by atoms with Crippen molar-refractivity contribution in [3.8, 4) is 11.3 Å². The van der Waals surface area contributed by atoms with Crippen molar-refractivity contribution < 1.29 is 31.5 Å². The van der Waals surface area contributed by atoms with Crippen LogP contribution in [-0.2, 0) is 18.5 Å². The summed E-state index contributed by atoms with van der Waals surface area (Å²) in [5.41, 5.74) is 0.0876. The Bertz CT molecular complexity index is 932. The van der Waals surface area contributed by atoms with Crippen LogP contribution >= 0.6 is 11.8 Å². The van der Waals surface area contributed by atoms with Crippen LogP contribution < -0.4 is 0 Å². The fourth-order valence-electron chi connectivity index (χ4n) is 2.42. The van der Waals surface area contributed by atoms with Crippen molar-refractivity contribution in [2.24, 2.45) is 0 Å². The molecule has 0 amide bonds. The molecule has 3 aromatic rings. The summed E-state index contributed by atoms with van der Waals surface area (Å²) in [6, 6.07) is 9.17. The molecule has 0 spiro atoms. The highest BCUT2D eigenvalue weighted by Crippen LogP contribution is 2.34. The molecule has 142 valence electrons. The molecule has 27 heavy (non-hydrogen) atoms. The summed E-state index contributed by atoms with van der Waals surface area (Å²) in [5, 5.41) is 9.48. The maximum atomic E-state index is 13.7. The Hall–Kier alpha value is -2.32. The van der Waals surface area contributed by atoms with Gasteiger partial charge in [-0.05, 0) is 30.3 Å². The molecular formula is C19H13F5O2S. The van der Waals surface area contributed by atoms with Gasteiger partial charge < -0.3 is 9.52 Å². The summed E-state index contributed by atoms with van der Waals surface area (Å²) in [6.45, 7) is -0.341. The molecule has 0 unspecified atom stereocenters. The van der Waals surface area contributed by atoms with Crippen LogP contribution in [0.3, 0.4) is 0 Å². The minimum absolute atomic E-state index is 0.166. The van der Waals surface area contributed by atoms with Gasteiger partial charge in [-0.3, -0.25) is 0 Å². The summed E-state index contributed by atoms with van der Waals surface area (Å²) in [6.07, 6.45) is -4.43. The molecule has 0 bridgehead atoms. The number of hydrogen-bond acceptors (Lipinski definition) is 3. The molecule has 0 aliphatic heterocycles. The van der Waals surface area contributed by atoms with Gasteiger partial charge in [0.05, 0.1) is 17.9 Å². The molecule has 0 radical (unpaired) electrons. The third kappa shape index (κ3) is 4.51. The van der Waals surface area contributed by atoms with Gasteiger partial charge in [-0.1, -0.05) is 12.1 Å². The zero-order valence-electron chi connectivity index (χ0n) is 13.7. The highest BCUT2D eigenvalue weighted by atomic mass is 32.2. The third-order valence-electron chi connectivity index (χ3n) is 3.82. The summed E-state index contributed by atoms with van der Waals surface area (Å²) in [7, 11) is 0. The first-order valence-corrected chi connectivity index (χ1v) is 8.74. The lowest BCUT2D eigenvalue weighted by atomic mass is 10.1. The van der Waals surface area contributed by atoms with E-state index in [1.807, 2.05) is 0 Å². The largest absolute Gasteiger partial charge is 0.460 e. The van der Waals surface area contributed by atoms with Crippen molar-refractivity contribution in [3.05, 3.63) is 77.1 Å². The van der Waals surface area contributed by atoms with Gasteiger partial charge in [-0.25, -0.2) is 8.78 Å². The smallest absolute Gasteiger partial charge is 0.416 e. The topological polar surface area (TPSA) is 33.4 Å². The predicted octanol–water partition coefficient (Wildman–Crippen LogP) is 6.03. The molecule has 2 nitrogen and oxygen atoms in total. The number of thioether (sulfide) groups is 1. The molecule has 0 aliphatic carbocycles. The number of benzene rings is 2. The first-order valence-electron chi connectivity index (χ1n) is 7.76. The van der Waals surface area contributed by atoms with E-state index < -0.39 is 23.4 Å². The van der Waals surface area contributed by atoms with E-state index in [0.29, 0.717) is 22.6 Å². The summed E-state index contributed by atoms with van der Waals surface area (Å²) < 4.78 is 70.3. The normalized spacial score (nSPS) is 11.8. The number of halogens is 5. The molecule has 0 saturated heterocycles. The average molecular weight is 400 g/mol. The van der Waals surface area contributed by atoms with Crippen molar-refractivity contribution in [2.75, 3.05) is 0 Å². The number of hydrogen-bond donors (Lipinski definition) is 1. The quantitative estimate of drug-likeness (QED) is 0.419. The number of aliphatic hydroxyl groups is 1. The monoisotopic (exact) mass is 400 g/mol. The first kappa shape index (κ1) is 19.4. The van der Waals surface area contributed by atoms with Crippen LogP contribution in [0.4, 0.5) is 22.0 Å². The Morgan fingerprint density at radius 1 is 0.963 bits per heavy atom. The standard InChI is InChI=1S/C19H13F5O2S/c20-14-5-6-18(15(21)8-14)27-10-17-12(9-25)7-16(26-17)11-1-3-13(4-2-11)19(22,23)24/h1-8,25H,9-10H2. The second-order valence-corrected chi connectivity index (χ2v) is 6.67. The van der Waals surface area contributed by atoms with E-state index in [1.165, 1.54) is 24.3 Å². The van der Waals surface area contributed by atoms with Crippen LogP contribution in [0.15, 0.2) is 57.8 Å². The van der Waals surface area contributed by atoms with Crippen LogP contribution in [-0.4, -0.2) is 5.11 Å². The van der Waals surface area contributed by atoms with Gasteiger partial charge in [-0.15, -0.1) is 11.8 Å². The second kappa shape index (κ2) is 7.74. The molecule has 2 aromatic carbocycles. The number of furan rings is 1. The molecular weight excluding hydrogens is 387 g/mol. The lowest BCUT2D eigenvalue weighted by Gasteiger charge is -2.06. The zero-order valence-corrected chi connectivity index (χ0v) is 14.5. The van der Waals surface area contributed by atoms with Gasteiger partial charge in [0.1, 0.15) is 23.2 Å². The Balaban J connectivity index is 1.81. The van der Waals surface area contributed by atoms with E-state index in [9.17, 15) is 27.1 Å². The Morgan fingerprint density at radius 3 is 2.26 bits per heavy atom. The molecule has 1 aromatic heterocycles. The van der Waals surface area contributed by atoms with E-state index in [0.717, 1.165) is 36.0 Å². The van der Waals surface area contributed by atoms with E-state index in [4.69, 9.17) is 4.42 Å². The average Bonchev–Trinajstić information content (AvgIpc) is 3.03. The van der Waals surface area contributed by atoms with Crippen LogP contribution in [0.2, 0.25) is 0 Å². The maximum Gasteiger partial charge on any atom is 0.416 e. The van der Waals surface area contributed by atoms with Crippen molar-refractivity contribution in [3.63, 3.8) is 0 Å². The van der Waals surface area contributed by atoms with Crippen LogP contribution in [0.5, 0.6) is 0 Å². The van der Waals surface area contributed by atoms with Crippen molar-refractivity contribution >= 4 is 11.8 Å². The summed E-state index contributed by atoms with van der Waals surface area (Å²) >= 11 is 1.06. The lowest BCUT2D eigenvalue weighted by Crippen LogP contribution is -2.03. The molecule has 0 saturated carbocycles. The Morgan fingerprint density at radius 2 is 1.67 bits per heavy atom. The number of alkyl halides is 3. The van der Waals surface area contributed by atoms with Crippen molar-refractivity contribution in [1.82, 2.24) is 0 Å². The van der Waals surface area contributed by atoms with Crippen LogP contribution in [0.1, 0.15) is 16.9 Å². The van der Waals surface area contributed by atoms with E-state index >= 15 is 0 Å². The Kier molecular flexibility index (Phi) is 5.57. The molecule has 0 aliphatic rings. The minimum Gasteiger partial charge on any atom is -0.460 e. The SMILES string of the molecule is OCc1cc(-c2ccc(C(F)(F)F)cc2)oc1CSc1ccc(F)cc1F. The van der Waals surface area contributed by atoms with Crippen molar-refractivity contribution in [2.45, 2.75) is 23.4 Å². The third-order valence-corrected chi connectivity index (χ3v) is 4.87. The lowest BCUT2D eigenvalue weighted by molar-refractivity contribution is -0.137. The molecule has 1 heterocycles. The Labute approximate surface area is 155 Å². The van der Waals surface area contributed by atoms with Gasteiger partial charge in [0.2, 0.25) is 0 Å². The summed E-state index contributed by atoms with van der Waals surface area (Å²) in [4.78, 5) is 0.216. The van der Waals surface area contributed by atoms with E-state index in [1.54, 1.807) is 0 Å². The zero-order chi connectivity index (χ0) is 19.6. The van der Waals surface area contributed by atoms with Gasteiger partial charge in [-0.2, -0.15) is 13.2 Å². The maximum absolute atomic E-state index is 13.7. The number of aliphatic hydroxyl groups excluding tert-OH is 1.